The third kappa shape index (κ3) is 3.79. The lowest BCUT2D eigenvalue weighted by Gasteiger charge is -2.08. The van der Waals surface area contributed by atoms with E-state index in [1.165, 1.54) is 0 Å². The first-order valence-electron chi connectivity index (χ1n) is 6.55. The summed E-state index contributed by atoms with van der Waals surface area (Å²) in [4.78, 5) is 11.5. The number of carbonyl (C=O) groups excluding carboxylic acids is 1. The van der Waals surface area contributed by atoms with Crippen LogP contribution in [0.2, 0.25) is 0 Å². The lowest BCUT2D eigenvalue weighted by molar-refractivity contribution is -0.120. The Balaban J connectivity index is 1.81. The molecule has 0 unspecified atom stereocenters. The molecule has 0 radical (unpaired) electrons. The van der Waals surface area contributed by atoms with Gasteiger partial charge in [-0.2, -0.15) is 5.10 Å². The lowest BCUT2D eigenvalue weighted by atomic mass is 10.2. The molecule has 2 aromatic rings. The Morgan fingerprint density at radius 2 is 2.26 bits per heavy atom. The second-order valence-electron chi connectivity index (χ2n) is 5.00. The number of carbonyl (C=O) groups is 1. The van der Waals surface area contributed by atoms with Gasteiger partial charge in [0, 0.05) is 24.8 Å². The van der Waals surface area contributed by atoms with Gasteiger partial charge < -0.3 is 10.6 Å². The van der Waals surface area contributed by atoms with E-state index in [0.717, 1.165) is 17.6 Å². The van der Waals surface area contributed by atoms with E-state index < -0.39 is 0 Å². The SMILES string of the molecule is CC(C)CNC(=O)CNCc1cnn2ccccc12. The largest absolute Gasteiger partial charge is 0.355 e. The predicted octanol–water partition coefficient (Wildman–Crippen LogP) is 1.20. The zero-order chi connectivity index (χ0) is 13.7. The van der Waals surface area contributed by atoms with Crippen molar-refractivity contribution in [2.24, 2.45) is 5.92 Å². The fourth-order valence-corrected chi connectivity index (χ4v) is 1.81. The highest BCUT2D eigenvalue weighted by molar-refractivity contribution is 5.78. The van der Waals surface area contributed by atoms with E-state index in [4.69, 9.17) is 0 Å². The van der Waals surface area contributed by atoms with Crippen LogP contribution in [0.5, 0.6) is 0 Å². The van der Waals surface area contributed by atoms with Crippen LogP contribution in [0.1, 0.15) is 19.4 Å². The van der Waals surface area contributed by atoms with Crippen LogP contribution in [0.25, 0.3) is 5.52 Å². The van der Waals surface area contributed by atoms with Gasteiger partial charge in [-0.25, -0.2) is 4.52 Å². The summed E-state index contributed by atoms with van der Waals surface area (Å²) in [6, 6.07) is 5.94. The second kappa shape index (κ2) is 6.33. The third-order valence-corrected chi connectivity index (χ3v) is 2.81. The number of fused-ring (bicyclic) bond motifs is 1. The van der Waals surface area contributed by atoms with E-state index in [1.807, 2.05) is 35.1 Å². The fraction of sp³-hybridized carbons (Fsp3) is 0.429. The first kappa shape index (κ1) is 13.5. The van der Waals surface area contributed by atoms with Crippen LogP contribution >= 0.6 is 0 Å². The van der Waals surface area contributed by atoms with Crippen LogP contribution in [0.4, 0.5) is 0 Å². The molecule has 0 spiro atoms. The van der Waals surface area contributed by atoms with Crippen LogP contribution in [-0.4, -0.2) is 28.6 Å². The molecular formula is C14H20N4O. The number of nitrogens with zero attached hydrogens (tertiary/aromatic N) is 2. The van der Waals surface area contributed by atoms with Crippen LogP contribution in [-0.2, 0) is 11.3 Å². The van der Waals surface area contributed by atoms with Crippen molar-refractivity contribution < 1.29 is 4.79 Å². The number of hydrogen-bond donors (Lipinski definition) is 2. The highest BCUT2D eigenvalue weighted by atomic mass is 16.1. The normalized spacial score (nSPS) is 11.1. The molecule has 2 aromatic heterocycles. The maximum Gasteiger partial charge on any atom is 0.233 e. The summed E-state index contributed by atoms with van der Waals surface area (Å²) in [6.45, 7) is 5.84. The topological polar surface area (TPSA) is 58.4 Å². The van der Waals surface area contributed by atoms with Gasteiger partial charge in [0.25, 0.3) is 0 Å². The minimum Gasteiger partial charge on any atom is -0.355 e. The van der Waals surface area contributed by atoms with E-state index >= 15 is 0 Å². The van der Waals surface area contributed by atoms with Crippen LogP contribution in [0.3, 0.4) is 0 Å². The predicted molar refractivity (Wildman–Crippen MR) is 74.7 cm³/mol. The lowest BCUT2D eigenvalue weighted by Crippen LogP contribution is -2.35. The van der Waals surface area contributed by atoms with Gasteiger partial charge in [0.15, 0.2) is 0 Å². The van der Waals surface area contributed by atoms with Crippen molar-refractivity contribution in [2.45, 2.75) is 20.4 Å². The Morgan fingerprint density at radius 1 is 1.42 bits per heavy atom. The quantitative estimate of drug-likeness (QED) is 0.820. The Morgan fingerprint density at radius 3 is 3.05 bits per heavy atom. The van der Waals surface area contributed by atoms with E-state index in [1.54, 1.807) is 0 Å². The Hall–Kier alpha value is -1.88. The maximum absolute atomic E-state index is 11.5. The molecule has 2 N–H and O–H groups in total. The molecule has 0 saturated carbocycles. The Kier molecular flexibility index (Phi) is 4.52. The smallest absolute Gasteiger partial charge is 0.233 e. The average Bonchev–Trinajstić information content (AvgIpc) is 2.80. The molecule has 0 aliphatic heterocycles. The summed E-state index contributed by atoms with van der Waals surface area (Å²) in [7, 11) is 0. The van der Waals surface area contributed by atoms with Crippen molar-refractivity contribution in [3.05, 3.63) is 36.2 Å². The molecule has 19 heavy (non-hydrogen) atoms. The molecule has 0 bridgehead atoms. The molecule has 0 fully saturated rings. The van der Waals surface area contributed by atoms with Gasteiger partial charge in [0.2, 0.25) is 5.91 Å². The zero-order valence-corrected chi connectivity index (χ0v) is 11.4. The zero-order valence-electron chi connectivity index (χ0n) is 11.4. The van der Waals surface area contributed by atoms with Crippen molar-refractivity contribution in [2.75, 3.05) is 13.1 Å². The third-order valence-electron chi connectivity index (χ3n) is 2.81. The first-order valence-corrected chi connectivity index (χ1v) is 6.55. The summed E-state index contributed by atoms with van der Waals surface area (Å²) in [5.41, 5.74) is 2.16. The molecule has 0 atom stereocenters. The average molecular weight is 260 g/mol. The van der Waals surface area contributed by atoms with Gasteiger partial charge in [0.05, 0.1) is 18.3 Å². The van der Waals surface area contributed by atoms with E-state index in [2.05, 4.69) is 29.6 Å². The highest BCUT2D eigenvalue weighted by Crippen LogP contribution is 2.08. The van der Waals surface area contributed by atoms with Crippen molar-refractivity contribution in [1.82, 2.24) is 20.2 Å². The summed E-state index contributed by atoms with van der Waals surface area (Å²) < 4.78 is 1.83. The molecule has 5 nitrogen and oxygen atoms in total. The number of pyridine rings is 1. The van der Waals surface area contributed by atoms with Gasteiger partial charge in [-0.05, 0) is 18.1 Å². The number of rotatable bonds is 6. The van der Waals surface area contributed by atoms with Crippen molar-refractivity contribution in [3.63, 3.8) is 0 Å². The van der Waals surface area contributed by atoms with E-state index in [-0.39, 0.29) is 5.91 Å². The molecule has 0 saturated heterocycles. The standard InChI is InChI=1S/C14H20N4O/c1-11(2)7-16-14(19)10-15-8-12-9-17-18-6-4-3-5-13(12)18/h3-6,9,11,15H,7-8,10H2,1-2H3,(H,16,19). The van der Waals surface area contributed by atoms with Crippen molar-refractivity contribution >= 4 is 11.4 Å². The molecule has 5 heteroatoms. The Labute approximate surface area is 113 Å². The molecule has 102 valence electrons. The minimum absolute atomic E-state index is 0.0326. The van der Waals surface area contributed by atoms with E-state index in [9.17, 15) is 4.79 Å². The number of aromatic nitrogens is 2. The van der Waals surface area contributed by atoms with Crippen LogP contribution in [0.15, 0.2) is 30.6 Å². The molecule has 1 amide bonds. The van der Waals surface area contributed by atoms with Crippen molar-refractivity contribution in [1.29, 1.82) is 0 Å². The molecule has 0 aliphatic rings. The maximum atomic E-state index is 11.5. The Bertz CT molecular complexity index is 547. The molecule has 2 heterocycles. The number of nitrogens with one attached hydrogen (secondary N) is 2. The fourth-order valence-electron chi connectivity index (χ4n) is 1.81. The molecule has 2 rings (SSSR count). The van der Waals surface area contributed by atoms with Crippen molar-refractivity contribution in [3.8, 4) is 0 Å². The summed E-state index contributed by atoms with van der Waals surface area (Å²) in [6.07, 6.45) is 3.74. The number of hydrogen-bond acceptors (Lipinski definition) is 3. The number of amides is 1. The van der Waals surface area contributed by atoms with Gasteiger partial charge >= 0.3 is 0 Å². The van der Waals surface area contributed by atoms with Crippen LogP contribution in [0, 0.1) is 5.92 Å². The monoisotopic (exact) mass is 260 g/mol. The van der Waals surface area contributed by atoms with Gasteiger partial charge in [-0.1, -0.05) is 19.9 Å². The summed E-state index contributed by atoms with van der Waals surface area (Å²) >= 11 is 0. The molecule has 0 aromatic carbocycles. The van der Waals surface area contributed by atoms with Gasteiger partial charge in [0.1, 0.15) is 0 Å². The first-order chi connectivity index (χ1) is 9.16. The second-order valence-corrected chi connectivity index (χ2v) is 5.00. The molecule has 0 aliphatic carbocycles. The minimum atomic E-state index is 0.0326. The highest BCUT2D eigenvalue weighted by Gasteiger charge is 2.05. The van der Waals surface area contributed by atoms with Gasteiger partial charge in [-0.15, -0.1) is 0 Å². The summed E-state index contributed by atoms with van der Waals surface area (Å²) in [5, 5.41) is 10.3. The van der Waals surface area contributed by atoms with Gasteiger partial charge in [-0.3, -0.25) is 4.79 Å². The van der Waals surface area contributed by atoms with Crippen LogP contribution < -0.4 is 10.6 Å². The summed E-state index contributed by atoms with van der Waals surface area (Å²) in [5.74, 6) is 0.508. The van der Waals surface area contributed by atoms with E-state index in [0.29, 0.717) is 19.0 Å². The molecular weight excluding hydrogens is 240 g/mol.